The fourth-order valence-corrected chi connectivity index (χ4v) is 7.49. The minimum atomic E-state index is -0.691. The van der Waals surface area contributed by atoms with E-state index in [0.29, 0.717) is 15.6 Å². The van der Waals surface area contributed by atoms with E-state index in [0.717, 1.165) is 31.6 Å². The molecule has 4 aromatic rings. The number of amides is 1. The molecule has 3 aliphatic heterocycles. The first-order valence-corrected chi connectivity index (χ1v) is 15.6. The number of benzene rings is 4. The number of hydrogen-bond acceptors (Lipinski definition) is 8. The van der Waals surface area contributed by atoms with Crippen molar-refractivity contribution in [3.63, 3.8) is 0 Å². The van der Waals surface area contributed by atoms with Crippen LogP contribution in [0.2, 0.25) is 0 Å². The highest BCUT2D eigenvalue weighted by atomic mass is 32.2. The van der Waals surface area contributed by atoms with Crippen molar-refractivity contribution in [2.24, 2.45) is 4.99 Å². The number of nitrogens with one attached hydrogen (secondary N) is 1. The third kappa shape index (κ3) is 5.42. The Kier molecular flexibility index (Phi) is 7.50. The van der Waals surface area contributed by atoms with Crippen molar-refractivity contribution in [1.29, 1.82) is 0 Å². The van der Waals surface area contributed by atoms with E-state index in [4.69, 9.17) is 9.73 Å². The molecule has 45 heavy (non-hydrogen) atoms. The Morgan fingerprint density at radius 3 is 2.13 bits per heavy atom. The number of rotatable bonds is 6. The number of anilines is 1. The van der Waals surface area contributed by atoms with Crippen molar-refractivity contribution in [3.8, 4) is 11.5 Å². The number of methoxy groups -OCH3 is 1. The molecular formula is C35H30N4O5S. The molecule has 9 nitrogen and oxygen atoms in total. The minimum Gasteiger partial charge on any atom is -0.500 e. The number of phenolic OH excluding ortho intramolecular Hbond substituents is 1. The third-order valence-electron chi connectivity index (χ3n) is 8.67. The molecule has 0 aromatic heterocycles. The van der Waals surface area contributed by atoms with E-state index < -0.39 is 16.4 Å². The summed E-state index contributed by atoms with van der Waals surface area (Å²) in [5, 5.41) is 24.9. The number of thioether (sulfide) groups is 1. The SMILES string of the molecule is COc1cc(/C=C2\SC(=Nc3cc4c5c(c3)[C@H](c3ccccc3)CCN5CC[C@H]4c3ccccc3)NC2=O)cc([N+](=O)[O-])c1O. The molecule has 1 fully saturated rings. The van der Waals surface area contributed by atoms with E-state index in [9.17, 15) is 20.0 Å². The van der Waals surface area contributed by atoms with Gasteiger partial charge in [0.15, 0.2) is 10.9 Å². The standard InChI is InChI=1S/C35H30N4O5S/c1-44-30-17-21(16-29(33(30)40)39(42)43)18-31-34(41)37-35(45-31)36-24-19-27-25(22-8-4-2-5-9-22)12-14-38-15-13-26(28(20-24)32(27)38)23-10-6-3-7-11-23/h2-11,16-20,25-26,40H,12-15H2,1H3,(H,36,37,41)/b31-18-/t25-,26-/m0/s1. The van der Waals surface area contributed by atoms with Gasteiger partial charge in [0.05, 0.1) is 22.6 Å². The fraction of sp³-hybridized carbons (Fsp3) is 0.200. The Labute approximate surface area is 264 Å². The smallest absolute Gasteiger partial charge is 0.315 e. The highest BCUT2D eigenvalue weighted by molar-refractivity contribution is 8.18. The fourth-order valence-electron chi connectivity index (χ4n) is 6.65. The summed E-state index contributed by atoms with van der Waals surface area (Å²) in [5.41, 5.74) is 6.96. The predicted molar refractivity (Wildman–Crippen MR) is 177 cm³/mol. The van der Waals surface area contributed by atoms with Crippen molar-refractivity contribution in [2.45, 2.75) is 24.7 Å². The normalized spacial score (nSPS) is 20.6. The summed E-state index contributed by atoms with van der Waals surface area (Å²) in [7, 11) is 1.31. The van der Waals surface area contributed by atoms with Crippen LogP contribution in [0.1, 0.15) is 52.5 Å². The molecule has 7 rings (SSSR count). The summed E-state index contributed by atoms with van der Waals surface area (Å²) in [6.45, 7) is 1.99. The first-order valence-electron chi connectivity index (χ1n) is 14.8. The van der Waals surface area contributed by atoms with E-state index in [1.165, 1.54) is 65.0 Å². The zero-order valence-electron chi connectivity index (χ0n) is 24.5. The molecule has 0 saturated carbocycles. The van der Waals surface area contributed by atoms with Crippen LogP contribution in [0.5, 0.6) is 11.5 Å². The maximum atomic E-state index is 13.0. The zero-order chi connectivity index (χ0) is 31.1. The number of aliphatic imine (C=N–C) groups is 1. The summed E-state index contributed by atoms with van der Waals surface area (Å²) in [4.78, 5) is 31.5. The van der Waals surface area contributed by atoms with E-state index in [-0.39, 0.29) is 23.5 Å². The molecule has 1 amide bonds. The number of hydrogen-bond donors (Lipinski definition) is 2. The van der Waals surface area contributed by atoms with Gasteiger partial charge in [-0.1, -0.05) is 60.7 Å². The van der Waals surface area contributed by atoms with Crippen molar-refractivity contribution in [2.75, 3.05) is 25.1 Å². The monoisotopic (exact) mass is 618 g/mol. The largest absolute Gasteiger partial charge is 0.500 e. The lowest BCUT2D eigenvalue weighted by Gasteiger charge is -2.43. The third-order valence-corrected chi connectivity index (χ3v) is 9.58. The molecule has 10 heteroatoms. The topological polar surface area (TPSA) is 117 Å². The second-order valence-corrected chi connectivity index (χ2v) is 12.3. The van der Waals surface area contributed by atoms with Crippen LogP contribution in [-0.2, 0) is 4.79 Å². The molecule has 226 valence electrons. The second kappa shape index (κ2) is 11.8. The molecule has 1 saturated heterocycles. The van der Waals surface area contributed by atoms with Crippen LogP contribution in [0, 0.1) is 10.1 Å². The van der Waals surface area contributed by atoms with Crippen LogP contribution in [0.25, 0.3) is 6.08 Å². The summed E-state index contributed by atoms with van der Waals surface area (Å²) in [6.07, 6.45) is 3.54. The summed E-state index contributed by atoms with van der Waals surface area (Å²) >= 11 is 1.17. The number of nitro benzene ring substituents is 1. The van der Waals surface area contributed by atoms with Gasteiger partial charge in [0.2, 0.25) is 5.75 Å². The van der Waals surface area contributed by atoms with Crippen molar-refractivity contribution >= 4 is 46.0 Å². The number of nitro groups is 1. The van der Waals surface area contributed by atoms with Gasteiger partial charge in [-0.25, -0.2) is 4.99 Å². The Morgan fingerprint density at radius 2 is 1.58 bits per heavy atom. The molecule has 0 aliphatic carbocycles. The second-order valence-electron chi connectivity index (χ2n) is 11.3. The molecule has 0 spiro atoms. The molecule has 3 aliphatic rings. The Morgan fingerprint density at radius 1 is 0.978 bits per heavy atom. The lowest BCUT2D eigenvalue weighted by Crippen LogP contribution is -2.37. The predicted octanol–water partition coefficient (Wildman–Crippen LogP) is 7.08. The number of carbonyl (C=O) groups excluding carboxylic acids is 1. The van der Waals surface area contributed by atoms with Gasteiger partial charge >= 0.3 is 5.69 Å². The van der Waals surface area contributed by atoms with Crippen LogP contribution in [-0.4, -0.2) is 41.3 Å². The van der Waals surface area contributed by atoms with E-state index in [2.05, 4.69) is 70.9 Å². The molecule has 2 N–H and O–H groups in total. The first kappa shape index (κ1) is 28.7. The Hall–Kier alpha value is -5.09. The zero-order valence-corrected chi connectivity index (χ0v) is 25.3. The quantitative estimate of drug-likeness (QED) is 0.135. The first-order chi connectivity index (χ1) is 21.9. The lowest BCUT2D eigenvalue weighted by atomic mass is 9.76. The molecule has 0 unspecified atom stereocenters. The average Bonchev–Trinajstić information content (AvgIpc) is 3.40. The molecule has 3 heterocycles. The number of carbonyl (C=O) groups is 1. The van der Waals surface area contributed by atoms with E-state index >= 15 is 0 Å². The Balaban J connectivity index is 1.29. The van der Waals surface area contributed by atoms with Gasteiger partial charge in [-0.15, -0.1) is 0 Å². The van der Waals surface area contributed by atoms with Crippen LogP contribution in [0.4, 0.5) is 17.1 Å². The molecule has 0 bridgehead atoms. The maximum absolute atomic E-state index is 13.0. The van der Waals surface area contributed by atoms with Crippen LogP contribution >= 0.6 is 11.8 Å². The van der Waals surface area contributed by atoms with Crippen LogP contribution < -0.4 is 15.0 Å². The highest BCUT2D eigenvalue weighted by Gasteiger charge is 2.35. The van der Waals surface area contributed by atoms with E-state index in [1.54, 1.807) is 0 Å². The Bertz CT molecular complexity index is 1800. The van der Waals surface area contributed by atoms with Crippen molar-refractivity contribution in [1.82, 2.24) is 5.32 Å². The van der Waals surface area contributed by atoms with Crippen LogP contribution in [0.15, 0.2) is 94.8 Å². The van der Waals surface area contributed by atoms with Gasteiger partial charge in [0.25, 0.3) is 5.91 Å². The summed E-state index contributed by atoms with van der Waals surface area (Å²) in [6, 6.07) is 28.2. The van der Waals surface area contributed by atoms with Gasteiger partial charge in [-0.05, 0) is 76.7 Å². The molecule has 0 radical (unpaired) electrons. The molecular weight excluding hydrogens is 588 g/mol. The average molecular weight is 619 g/mol. The van der Waals surface area contributed by atoms with Crippen molar-refractivity contribution in [3.05, 3.63) is 128 Å². The summed E-state index contributed by atoms with van der Waals surface area (Å²) in [5.74, 6) is -0.512. The van der Waals surface area contributed by atoms with Crippen molar-refractivity contribution < 1.29 is 19.6 Å². The van der Waals surface area contributed by atoms with Gasteiger partial charge in [-0.2, -0.15) is 0 Å². The number of nitrogens with zero attached hydrogens (tertiary/aromatic N) is 3. The number of aromatic hydroxyl groups is 1. The van der Waals surface area contributed by atoms with Gasteiger partial charge in [0.1, 0.15) is 0 Å². The maximum Gasteiger partial charge on any atom is 0.315 e. The van der Waals surface area contributed by atoms with Crippen LogP contribution in [0.3, 0.4) is 0 Å². The van der Waals surface area contributed by atoms with E-state index in [1.807, 2.05) is 12.1 Å². The van der Waals surface area contributed by atoms with Gasteiger partial charge in [-0.3, -0.25) is 14.9 Å². The molecule has 2 atom stereocenters. The number of phenols is 1. The van der Waals surface area contributed by atoms with Gasteiger partial charge in [0, 0.05) is 36.7 Å². The minimum absolute atomic E-state index is 0.0497. The number of amidine groups is 1. The number of ether oxygens (including phenoxy) is 1. The molecule has 4 aromatic carbocycles. The lowest BCUT2D eigenvalue weighted by molar-refractivity contribution is -0.386. The summed E-state index contributed by atoms with van der Waals surface area (Å²) < 4.78 is 5.11. The highest BCUT2D eigenvalue weighted by Crippen LogP contribution is 2.50. The van der Waals surface area contributed by atoms with Gasteiger partial charge < -0.3 is 20.1 Å².